The fourth-order valence-electron chi connectivity index (χ4n) is 9.75. The number of carboxylic acids is 1. The Hall–Kier alpha value is -7.20. The van der Waals surface area contributed by atoms with Gasteiger partial charge < -0.3 is 54.9 Å². The van der Waals surface area contributed by atoms with Gasteiger partial charge in [0.2, 0.25) is 11.8 Å². The van der Waals surface area contributed by atoms with Gasteiger partial charge in [-0.2, -0.15) is 0 Å². The number of likely N-dealkylation sites (tertiary alicyclic amines) is 2. The summed E-state index contributed by atoms with van der Waals surface area (Å²) in [5.74, 6) is -2.62. The van der Waals surface area contributed by atoms with Crippen LogP contribution in [-0.4, -0.2) is 136 Å². The van der Waals surface area contributed by atoms with Crippen LogP contribution < -0.4 is 29.5 Å². The number of aliphatic carboxylic acids is 1. The summed E-state index contributed by atoms with van der Waals surface area (Å²) in [6.07, 6.45) is -2.34. The first-order chi connectivity index (χ1) is 36.1. The molecule has 79 heavy (non-hydrogen) atoms. The Morgan fingerprint density at radius 2 is 0.810 bits per heavy atom. The molecule has 4 amide bonds. The standard InChI is InChI=1S/C30H37N3O6.C29H35N3O6.Li.H2O/c1-29(2,3)25(31-28(36)38-30(4,5)6)26(34)33-17-18(16-23(33)27(35)37-7)39-32-24-21-14-10-8-12-19(21)20-13-9-11-15-22(20)24;1-28(2,3)24(30-27(36)37-29(4,5)6)25(33)32-16-17(15-22(32)26(34)35)38-31-23-20-13-9-7-11-18(20)19-12-8-10-14-21(19)23;;/h8-15,18,23,25H,16-17H2,1-7H3,(H,31,36);7-14,17,22,24H,15-16H2,1-6H3,(H,30,36)(H,34,35);;1H2/q;;+1;/p-1/t18-,23+,25-;17-,22+,24-;;/m11../s1. The molecule has 6 atom stereocenters. The molecule has 0 bridgehead atoms. The number of fused-ring (bicyclic) bond motifs is 6. The average Bonchev–Trinajstić information content (AvgIpc) is 4.25. The van der Waals surface area contributed by atoms with Crippen LogP contribution in [0.4, 0.5) is 9.59 Å². The zero-order chi connectivity index (χ0) is 56.4. The number of alkyl carbamates (subject to hydrolysis) is 2. The zero-order valence-corrected chi connectivity index (χ0v) is 47.7. The third-order valence-corrected chi connectivity index (χ3v) is 13.3. The average molecular weight is 1080 g/mol. The maximum Gasteiger partial charge on any atom is 1.00 e. The first kappa shape index (κ1) is 62.6. The van der Waals surface area contributed by atoms with Gasteiger partial charge >= 0.3 is 43.0 Å². The summed E-state index contributed by atoms with van der Waals surface area (Å²) in [7, 11) is 1.28. The molecule has 4 aromatic rings. The molecule has 418 valence electrons. The minimum Gasteiger partial charge on any atom is -0.870 e. The molecule has 19 nitrogen and oxygen atoms in total. The van der Waals surface area contributed by atoms with Crippen molar-refractivity contribution in [1.82, 2.24) is 20.4 Å². The van der Waals surface area contributed by atoms with Crippen molar-refractivity contribution in [2.75, 3.05) is 20.2 Å². The molecular formula is C59H73LiN6O13. The monoisotopic (exact) mass is 1080 g/mol. The Kier molecular flexibility index (Phi) is 19.7. The van der Waals surface area contributed by atoms with Crippen molar-refractivity contribution in [2.24, 2.45) is 21.1 Å². The van der Waals surface area contributed by atoms with Crippen LogP contribution in [0.15, 0.2) is 107 Å². The second kappa shape index (κ2) is 24.9. The molecule has 0 unspecified atom stereocenters. The third-order valence-electron chi connectivity index (χ3n) is 13.3. The van der Waals surface area contributed by atoms with Crippen molar-refractivity contribution in [3.63, 3.8) is 0 Å². The summed E-state index contributed by atoms with van der Waals surface area (Å²) >= 11 is 0. The number of ether oxygens (including phenoxy) is 3. The van der Waals surface area contributed by atoms with E-state index in [1.807, 2.05) is 118 Å². The van der Waals surface area contributed by atoms with Gasteiger partial charge in [0, 0.05) is 35.1 Å². The van der Waals surface area contributed by atoms with Gasteiger partial charge in [0.1, 0.15) is 59.0 Å². The first-order valence-electron chi connectivity index (χ1n) is 25.8. The van der Waals surface area contributed by atoms with Gasteiger partial charge in [0.25, 0.3) is 0 Å². The number of amides is 4. The number of carbonyl (C=O) groups is 6. The molecule has 4 N–H and O–H groups in total. The number of carboxylic acid groups (broad SMARTS) is 1. The number of rotatable bonds is 10. The van der Waals surface area contributed by atoms with Crippen LogP contribution in [-0.2, 0) is 43.1 Å². The van der Waals surface area contributed by atoms with E-state index < -0.39 is 94.3 Å². The van der Waals surface area contributed by atoms with E-state index >= 15 is 0 Å². The largest absolute Gasteiger partial charge is 1.00 e. The van der Waals surface area contributed by atoms with Crippen LogP contribution in [0, 0.1) is 10.8 Å². The molecule has 4 aromatic carbocycles. The SMILES string of the molecule is CC(C)(C)OC(=O)N[C@H](C(=O)N1C[C@H](ON=C2c3ccccc3-c3ccccc32)C[C@H]1C(=O)O)C(C)(C)C.COC(=O)[C@@H]1C[C@@H](ON=C2c3ccccc3-c3ccccc32)CN1C(=O)[C@@H](NC(=O)OC(C)(C)C)C(C)(C)C.[Li+].[OH-]. The Bertz CT molecular complexity index is 2880. The fraction of sp³-hybridized carbons (Fsp3) is 0.458. The van der Waals surface area contributed by atoms with Crippen molar-refractivity contribution >= 4 is 47.4 Å². The van der Waals surface area contributed by atoms with Crippen LogP contribution in [0.1, 0.15) is 118 Å². The minimum atomic E-state index is -1.14. The molecular weight excluding hydrogens is 1010 g/mol. The predicted molar refractivity (Wildman–Crippen MR) is 292 cm³/mol. The molecule has 0 radical (unpaired) electrons. The summed E-state index contributed by atoms with van der Waals surface area (Å²) in [6, 6.07) is 27.8. The summed E-state index contributed by atoms with van der Waals surface area (Å²) in [5, 5.41) is 24.2. The van der Waals surface area contributed by atoms with E-state index in [4.69, 9.17) is 23.9 Å². The minimum absolute atomic E-state index is 0. The molecule has 2 aliphatic carbocycles. The van der Waals surface area contributed by atoms with Gasteiger partial charge in [0.05, 0.1) is 20.2 Å². The molecule has 0 aromatic heterocycles. The van der Waals surface area contributed by atoms with Crippen LogP contribution in [0.2, 0.25) is 0 Å². The Morgan fingerprint density at radius 3 is 1.09 bits per heavy atom. The second-order valence-corrected chi connectivity index (χ2v) is 23.8. The summed E-state index contributed by atoms with van der Waals surface area (Å²) in [6.45, 7) is 21.5. The molecule has 0 saturated carbocycles. The van der Waals surface area contributed by atoms with Gasteiger partial charge in [-0.05, 0) is 74.6 Å². The van der Waals surface area contributed by atoms with Gasteiger partial charge in [-0.25, -0.2) is 19.2 Å². The third kappa shape index (κ3) is 14.7. The van der Waals surface area contributed by atoms with Crippen LogP contribution >= 0.6 is 0 Å². The number of esters is 1. The Morgan fingerprint density at radius 1 is 0.519 bits per heavy atom. The predicted octanol–water partition coefficient (Wildman–Crippen LogP) is 5.77. The molecule has 20 heteroatoms. The van der Waals surface area contributed by atoms with Gasteiger partial charge in [0.15, 0.2) is 0 Å². The molecule has 2 saturated heterocycles. The van der Waals surface area contributed by atoms with Crippen LogP contribution in [0.25, 0.3) is 22.3 Å². The number of nitrogens with one attached hydrogen (secondary N) is 2. The molecule has 2 fully saturated rings. The maximum atomic E-state index is 13.8. The van der Waals surface area contributed by atoms with Gasteiger partial charge in [-0.1, -0.05) is 149 Å². The van der Waals surface area contributed by atoms with E-state index in [1.54, 1.807) is 62.3 Å². The zero-order valence-electron chi connectivity index (χ0n) is 47.7. The fourth-order valence-corrected chi connectivity index (χ4v) is 9.75. The molecule has 2 heterocycles. The summed E-state index contributed by atoms with van der Waals surface area (Å²) < 4.78 is 15.7. The topological polar surface area (TPSA) is 254 Å². The number of oxime groups is 2. The smallest absolute Gasteiger partial charge is 0.870 e. The second-order valence-electron chi connectivity index (χ2n) is 23.8. The number of benzene rings is 4. The quantitative estimate of drug-likeness (QED) is 0.0638. The first-order valence-corrected chi connectivity index (χ1v) is 25.8. The maximum absolute atomic E-state index is 13.8. The summed E-state index contributed by atoms with van der Waals surface area (Å²) in [5.41, 5.74) is 6.59. The van der Waals surface area contributed by atoms with E-state index in [9.17, 15) is 33.9 Å². The normalized spacial score (nSPS) is 18.7. The van der Waals surface area contributed by atoms with Crippen molar-refractivity contribution in [3.05, 3.63) is 119 Å². The van der Waals surface area contributed by atoms with E-state index in [0.717, 1.165) is 44.5 Å². The van der Waals surface area contributed by atoms with Crippen molar-refractivity contribution < 1.29 is 82.1 Å². The number of hydrogen-bond donors (Lipinski definition) is 3. The van der Waals surface area contributed by atoms with E-state index in [-0.39, 0.29) is 50.3 Å². The van der Waals surface area contributed by atoms with Crippen LogP contribution in [0.3, 0.4) is 0 Å². The molecule has 0 spiro atoms. The number of methoxy groups -OCH3 is 1. The number of nitrogens with zero attached hydrogens (tertiary/aromatic N) is 4. The number of hydrogen-bond acceptors (Lipinski definition) is 14. The summed E-state index contributed by atoms with van der Waals surface area (Å²) in [4.78, 5) is 92.0. The van der Waals surface area contributed by atoms with Crippen molar-refractivity contribution in [3.8, 4) is 22.3 Å². The van der Waals surface area contributed by atoms with Gasteiger partial charge in [-0.3, -0.25) is 9.59 Å². The van der Waals surface area contributed by atoms with Gasteiger partial charge in [-0.15, -0.1) is 0 Å². The van der Waals surface area contributed by atoms with Crippen molar-refractivity contribution in [2.45, 2.75) is 144 Å². The Labute approximate surface area is 474 Å². The van der Waals surface area contributed by atoms with E-state index in [0.29, 0.717) is 11.4 Å². The van der Waals surface area contributed by atoms with Crippen molar-refractivity contribution in [1.29, 1.82) is 0 Å². The van der Waals surface area contributed by atoms with E-state index in [1.165, 1.54) is 16.9 Å². The number of carbonyl (C=O) groups excluding carboxylic acids is 5. The van der Waals surface area contributed by atoms with E-state index in [2.05, 4.69) is 20.9 Å². The molecule has 2 aliphatic heterocycles. The Balaban J connectivity index is 0.000000284. The van der Waals surface area contributed by atoms with Crippen LogP contribution in [0.5, 0.6) is 0 Å². The molecule has 8 rings (SSSR count). The molecule has 4 aliphatic rings.